The second kappa shape index (κ2) is 5.85. The molecule has 0 radical (unpaired) electrons. The number of nitrogens with one attached hydrogen (secondary N) is 1. The standard InChI is InChI=1S/C16H20N2O3/c19-15(12-5-8-17-9-6-12)18-10-7-11-3-1-2-4-13(11)14(18)16(20)21/h1-4,12,14,17H,5-10H2,(H,20,21). The van der Waals surface area contributed by atoms with Crippen LogP contribution in [0.15, 0.2) is 24.3 Å². The summed E-state index contributed by atoms with van der Waals surface area (Å²) in [6.45, 7) is 2.16. The fourth-order valence-corrected chi connectivity index (χ4v) is 3.37. The van der Waals surface area contributed by atoms with Gasteiger partial charge in [-0.25, -0.2) is 4.79 Å². The number of carboxylic acid groups (broad SMARTS) is 1. The first-order chi connectivity index (χ1) is 10.2. The van der Waals surface area contributed by atoms with E-state index in [2.05, 4.69) is 5.32 Å². The molecule has 1 aromatic rings. The van der Waals surface area contributed by atoms with Gasteiger partial charge in [0.05, 0.1) is 0 Å². The van der Waals surface area contributed by atoms with Gasteiger partial charge in [-0.3, -0.25) is 4.79 Å². The molecule has 2 aliphatic heterocycles. The van der Waals surface area contributed by atoms with Crippen LogP contribution in [0.4, 0.5) is 0 Å². The molecule has 1 saturated heterocycles. The molecule has 1 fully saturated rings. The number of carboxylic acids is 1. The highest BCUT2D eigenvalue weighted by molar-refractivity contribution is 5.87. The minimum atomic E-state index is -0.940. The third-order valence-corrected chi connectivity index (χ3v) is 4.49. The molecular weight excluding hydrogens is 268 g/mol. The summed E-state index contributed by atoms with van der Waals surface area (Å²) in [4.78, 5) is 26.0. The monoisotopic (exact) mass is 288 g/mol. The van der Waals surface area contributed by atoms with E-state index in [1.54, 1.807) is 4.90 Å². The van der Waals surface area contributed by atoms with Gasteiger partial charge < -0.3 is 15.3 Å². The molecule has 3 rings (SSSR count). The molecule has 1 amide bonds. The summed E-state index contributed by atoms with van der Waals surface area (Å²) in [6.07, 6.45) is 2.32. The maximum atomic E-state index is 12.7. The lowest BCUT2D eigenvalue weighted by molar-refractivity contribution is -0.153. The molecule has 1 unspecified atom stereocenters. The lowest BCUT2D eigenvalue weighted by atomic mass is 9.89. The molecule has 0 bridgehead atoms. The number of hydrogen-bond acceptors (Lipinski definition) is 3. The van der Waals surface area contributed by atoms with Crippen LogP contribution in [0.3, 0.4) is 0 Å². The average molecular weight is 288 g/mol. The molecule has 0 saturated carbocycles. The molecule has 112 valence electrons. The van der Waals surface area contributed by atoms with Gasteiger partial charge in [0.2, 0.25) is 5.91 Å². The first-order valence-electron chi connectivity index (χ1n) is 7.50. The number of rotatable bonds is 2. The van der Waals surface area contributed by atoms with Crippen molar-refractivity contribution in [3.05, 3.63) is 35.4 Å². The van der Waals surface area contributed by atoms with Crippen LogP contribution >= 0.6 is 0 Å². The van der Waals surface area contributed by atoms with Gasteiger partial charge in [-0.15, -0.1) is 0 Å². The van der Waals surface area contributed by atoms with Crippen LogP contribution in [-0.4, -0.2) is 41.5 Å². The summed E-state index contributed by atoms with van der Waals surface area (Å²) < 4.78 is 0. The number of carbonyl (C=O) groups excluding carboxylic acids is 1. The van der Waals surface area contributed by atoms with Crippen molar-refractivity contribution < 1.29 is 14.7 Å². The smallest absolute Gasteiger partial charge is 0.331 e. The summed E-state index contributed by atoms with van der Waals surface area (Å²) >= 11 is 0. The first kappa shape index (κ1) is 14.1. The fourth-order valence-electron chi connectivity index (χ4n) is 3.37. The van der Waals surface area contributed by atoms with E-state index >= 15 is 0 Å². The second-order valence-corrected chi connectivity index (χ2v) is 5.75. The van der Waals surface area contributed by atoms with Crippen LogP contribution in [0.1, 0.15) is 30.0 Å². The molecule has 5 heteroatoms. The highest BCUT2D eigenvalue weighted by Crippen LogP contribution is 2.32. The average Bonchev–Trinajstić information content (AvgIpc) is 2.53. The van der Waals surface area contributed by atoms with Gasteiger partial charge in [-0.2, -0.15) is 0 Å². The van der Waals surface area contributed by atoms with E-state index in [0.717, 1.165) is 43.5 Å². The predicted octanol–water partition coefficient (Wildman–Crippen LogP) is 1.20. The van der Waals surface area contributed by atoms with Gasteiger partial charge in [-0.05, 0) is 43.5 Å². The van der Waals surface area contributed by atoms with Gasteiger partial charge in [0, 0.05) is 12.5 Å². The van der Waals surface area contributed by atoms with E-state index in [1.807, 2.05) is 24.3 Å². The Hall–Kier alpha value is -1.88. The lowest BCUT2D eigenvalue weighted by Gasteiger charge is -2.37. The first-order valence-corrected chi connectivity index (χ1v) is 7.50. The summed E-state index contributed by atoms with van der Waals surface area (Å²) in [6, 6.07) is 6.71. The van der Waals surface area contributed by atoms with Crippen LogP contribution in [0, 0.1) is 5.92 Å². The van der Waals surface area contributed by atoms with E-state index in [-0.39, 0.29) is 11.8 Å². The molecular formula is C16H20N2O3. The lowest BCUT2D eigenvalue weighted by Crippen LogP contribution is -2.47. The minimum absolute atomic E-state index is 0.00148. The van der Waals surface area contributed by atoms with Crippen molar-refractivity contribution in [2.75, 3.05) is 19.6 Å². The molecule has 2 N–H and O–H groups in total. The van der Waals surface area contributed by atoms with E-state index in [0.29, 0.717) is 6.54 Å². The highest BCUT2D eigenvalue weighted by atomic mass is 16.4. The molecule has 1 aromatic carbocycles. The number of fused-ring (bicyclic) bond motifs is 1. The van der Waals surface area contributed by atoms with Gasteiger partial charge >= 0.3 is 5.97 Å². The van der Waals surface area contributed by atoms with Crippen molar-refractivity contribution in [2.45, 2.75) is 25.3 Å². The van der Waals surface area contributed by atoms with E-state index in [1.165, 1.54) is 0 Å². The Balaban J connectivity index is 1.88. The Kier molecular flexibility index (Phi) is 3.92. The Morgan fingerprint density at radius 3 is 2.62 bits per heavy atom. The molecule has 5 nitrogen and oxygen atoms in total. The van der Waals surface area contributed by atoms with Gasteiger partial charge in [0.15, 0.2) is 6.04 Å². The molecule has 2 aliphatic rings. The number of benzene rings is 1. The summed E-state index contributed by atoms with van der Waals surface area (Å²) in [5, 5.41) is 12.8. The molecule has 0 aromatic heterocycles. The Bertz CT molecular complexity index is 552. The largest absolute Gasteiger partial charge is 0.479 e. The highest BCUT2D eigenvalue weighted by Gasteiger charge is 2.38. The second-order valence-electron chi connectivity index (χ2n) is 5.75. The molecule has 0 aliphatic carbocycles. The van der Waals surface area contributed by atoms with Crippen molar-refractivity contribution in [3.63, 3.8) is 0 Å². The van der Waals surface area contributed by atoms with Crippen molar-refractivity contribution in [1.29, 1.82) is 0 Å². The van der Waals surface area contributed by atoms with Crippen molar-refractivity contribution in [2.24, 2.45) is 5.92 Å². The molecule has 0 spiro atoms. The van der Waals surface area contributed by atoms with Crippen molar-refractivity contribution in [3.8, 4) is 0 Å². The molecule has 21 heavy (non-hydrogen) atoms. The van der Waals surface area contributed by atoms with E-state index in [4.69, 9.17) is 0 Å². The maximum absolute atomic E-state index is 12.7. The normalized spacial score (nSPS) is 22.7. The zero-order valence-electron chi connectivity index (χ0n) is 11.9. The third-order valence-electron chi connectivity index (χ3n) is 4.49. The minimum Gasteiger partial charge on any atom is -0.479 e. The SMILES string of the molecule is O=C(O)C1c2ccccc2CCN1C(=O)C1CCNCC1. The van der Waals surface area contributed by atoms with Crippen LogP contribution in [-0.2, 0) is 16.0 Å². The van der Waals surface area contributed by atoms with Crippen LogP contribution in [0.5, 0.6) is 0 Å². The predicted molar refractivity (Wildman–Crippen MR) is 77.8 cm³/mol. The number of hydrogen-bond donors (Lipinski definition) is 2. The summed E-state index contributed by atoms with van der Waals surface area (Å²) in [7, 11) is 0. The number of nitrogens with zero attached hydrogens (tertiary/aromatic N) is 1. The number of carbonyl (C=O) groups is 2. The van der Waals surface area contributed by atoms with E-state index in [9.17, 15) is 14.7 Å². The molecule has 1 atom stereocenters. The topological polar surface area (TPSA) is 69.6 Å². The maximum Gasteiger partial charge on any atom is 0.331 e. The zero-order valence-corrected chi connectivity index (χ0v) is 11.9. The van der Waals surface area contributed by atoms with Crippen LogP contribution in [0.25, 0.3) is 0 Å². The summed E-state index contributed by atoms with van der Waals surface area (Å²) in [5.41, 5.74) is 1.80. The number of piperidine rings is 1. The Morgan fingerprint density at radius 1 is 1.19 bits per heavy atom. The third kappa shape index (κ3) is 2.65. The Morgan fingerprint density at radius 2 is 1.90 bits per heavy atom. The quantitative estimate of drug-likeness (QED) is 0.858. The number of aliphatic carboxylic acids is 1. The van der Waals surface area contributed by atoms with Crippen LogP contribution < -0.4 is 5.32 Å². The van der Waals surface area contributed by atoms with Gasteiger partial charge in [0.25, 0.3) is 0 Å². The zero-order chi connectivity index (χ0) is 14.8. The van der Waals surface area contributed by atoms with Gasteiger partial charge in [0.1, 0.15) is 0 Å². The van der Waals surface area contributed by atoms with Crippen molar-refractivity contribution in [1.82, 2.24) is 10.2 Å². The molecule has 2 heterocycles. The Labute approximate surface area is 123 Å². The van der Waals surface area contributed by atoms with Crippen LogP contribution in [0.2, 0.25) is 0 Å². The van der Waals surface area contributed by atoms with Gasteiger partial charge in [-0.1, -0.05) is 24.3 Å². The summed E-state index contributed by atoms with van der Waals surface area (Å²) in [5.74, 6) is -0.985. The fraction of sp³-hybridized carbons (Fsp3) is 0.500. The number of amides is 1. The van der Waals surface area contributed by atoms with Crippen molar-refractivity contribution >= 4 is 11.9 Å². The van der Waals surface area contributed by atoms with E-state index < -0.39 is 12.0 Å².